The molecular formula is C13H9Cl2N3O3. The summed E-state index contributed by atoms with van der Waals surface area (Å²) in [5.41, 5.74) is 5.79. The van der Waals surface area contributed by atoms with Crippen molar-refractivity contribution in [2.75, 3.05) is 12.8 Å². The molecule has 0 spiro atoms. The maximum absolute atomic E-state index is 11.9. The molecule has 0 aliphatic rings. The van der Waals surface area contributed by atoms with Crippen LogP contribution in [0, 0.1) is 11.3 Å². The third-order valence-electron chi connectivity index (χ3n) is 2.81. The van der Waals surface area contributed by atoms with Crippen LogP contribution in [0.25, 0.3) is 5.69 Å². The molecule has 0 saturated carbocycles. The monoisotopic (exact) mass is 325 g/mol. The van der Waals surface area contributed by atoms with Gasteiger partial charge in [0, 0.05) is 11.2 Å². The molecule has 1 aromatic heterocycles. The van der Waals surface area contributed by atoms with Crippen molar-refractivity contribution >= 4 is 34.9 Å². The number of nitriles is 1. The Labute approximate surface area is 129 Å². The zero-order valence-corrected chi connectivity index (χ0v) is 12.2. The molecule has 0 aliphatic carbocycles. The van der Waals surface area contributed by atoms with Gasteiger partial charge in [0.05, 0.1) is 29.1 Å². The minimum absolute atomic E-state index is 0.000838. The lowest BCUT2D eigenvalue weighted by atomic mass is 10.2. The first-order chi connectivity index (χ1) is 9.90. The molecule has 0 saturated heterocycles. The molecule has 2 rings (SSSR count). The summed E-state index contributed by atoms with van der Waals surface area (Å²) < 4.78 is 5.86. The van der Waals surface area contributed by atoms with Gasteiger partial charge in [-0.1, -0.05) is 23.2 Å². The number of esters is 1. The molecule has 0 radical (unpaired) electrons. The van der Waals surface area contributed by atoms with Crippen LogP contribution in [0.4, 0.5) is 5.69 Å². The van der Waals surface area contributed by atoms with E-state index in [-0.39, 0.29) is 38.4 Å². The lowest BCUT2D eigenvalue weighted by Crippen LogP contribution is -2.11. The third-order valence-corrected chi connectivity index (χ3v) is 3.32. The number of rotatable bonds is 2. The minimum atomic E-state index is -0.760. The van der Waals surface area contributed by atoms with E-state index in [1.165, 1.54) is 30.0 Å². The van der Waals surface area contributed by atoms with Gasteiger partial charge in [0.15, 0.2) is 11.4 Å². The van der Waals surface area contributed by atoms with Crippen molar-refractivity contribution in [1.82, 2.24) is 4.57 Å². The number of carbonyl (C=O) groups excluding carboxylic acids is 1. The number of halogens is 2. The van der Waals surface area contributed by atoms with E-state index in [4.69, 9.17) is 34.2 Å². The first kappa shape index (κ1) is 15.0. The maximum atomic E-state index is 11.9. The Balaban J connectivity index is 2.82. The lowest BCUT2D eigenvalue weighted by molar-refractivity contribution is 0.0593. The zero-order chi connectivity index (χ0) is 15.7. The lowest BCUT2D eigenvalue weighted by Gasteiger charge is -2.11. The van der Waals surface area contributed by atoms with Crippen molar-refractivity contribution in [3.8, 4) is 17.5 Å². The summed E-state index contributed by atoms with van der Waals surface area (Å²) in [7, 11) is 1.18. The summed E-state index contributed by atoms with van der Waals surface area (Å²) in [6.07, 6.45) is 1.29. The van der Waals surface area contributed by atoms with Gasteiger partial charge in [0.25, 0.3) is 0 Å². The van der Waals surface area contributed by atoms with E-state index in [9.17, 15) is 9.90 Å². The Morgan fingerprint density at radius 1 is 1.48 bits per heavy atom. The van der Waals surface area contributed by atoms with Crippen LogP contribution in [0.15, 0.2) is 18.3 Å². The molecule has 0 unspecified atom stereocenters. The third kappa shape index (κ3) is 2.49. The molecule has 8 heteroatoms. The number of nitrogens with zero attached hydrogens (tertiary/aromatic N) is 2. The van der Waals surface area contributed by atoms with Crippen molar-refractivity contribution in [2.24, 2.45) is 0 Å². The highest BCUT2D eigenvalue weighted by Crippen LogP contribution is 2.36. The van der Waals surface area contributed by atoms with E-state index in [0.717, 1.165) is 0 Å². The number of anilines is 1. The quantitative estimate of drug-likeness (QED) is 0.826. The van der Waals surface area contributed by atoms with Gasteiger partial charge in [-0.05, 0) is 12.1 Å². The summed E-state index contributed by atoms with van der Waals surface area (Å²) in [4.78, 5) is 11.9. The van der Waals surface area contributed by atoms with Gasteiger partial charge >= 0.3 is 5.97 Å². The van der Waals surface area contributed by atoms with Crippen LogP contribution in [0.1, 0.15) is 16.1 Å². The van der Waals surface area contributed by atoms with Gasteiger partial charge in [-0.3, -0.25) is 0 Å². The fraction of sp³-hybridized carbons (Fsp3) is 0.0769. The van der Waals surface area contributed by atoms with Crippen molar-refractivity contribution in [3.05, 3.63) is 39.6 Å². The highest BCUT2D eigenvalue weighted by atomic mass is 35.5. The number of hydrogen-bond donors (Lipinski definition) is 2. The average molecular weight is 326 g/mol. The predicted octanol–water partition coefficient (Wildman–Crippen LogP) is 2.73. The second kappa shape index (κ2) is 5.56. The van der Waals surface area contributed by atoms with Gasteiger partial charge in [-0.25, -0.2) is 4.79 Å². The van der Waals surface area contributed by atoms with E-state index in [0.29, 0.717) is 0 Å². The van der Waals surface area contributed by atoms with Crippen LogP contribution in [-0.2, 0) is 4.74 Å². The summed E-state index contributed by atoms with van der Waals surface area (Å²) in [6.45, 7) is 0. The fourth-order valence-electron chi connectivity index (χ4n) is 1.84. The maximum Gasteiger partial charge on any atom is 0.357 e. The van der Waals surface area contributed by atoms with Crippen LogP contribution in [0.5, 0.6) is 5.75 Å². The second-order valence-electron chi connectivity index (χ2n) is 4.03. The Bertz CT molecular complexity index is 778. The number of phenols is 1. The number of nitrogens with two attached hydrogens (primary N) is 1. The van der Waals surface area contributed by atoms with E-state index in [2.05, 4.69) is 4.74 Å². The van der Waals surface area contributed by atoms with Crippen LogP contribution < -0.4 is 5.73 Å². The first-order valence-electron chi connectivity index (χ1n) is 5.58. The van der Waals surface area contributed by atoms with E-state index in [1.807, 2.05) is 6.07 Å². The molecule has 0 fully saturated rings. The van der Waals surface area contributed by atoms with Gasteiger partial charge in [-0.15, -0.1) is 0 Å². The van der Waals surface area contributed by atoms with Crippen LogP contribution >= 0.6 is 23.2 Å². The molecule has 2 aromatic rings. The standard InChI is InChI=1S/C13H9Cl2N3O3/c1-21-13(20)11-10(17)6(4-16)5-18(11)9-3-7(14)2-8(15)12(9)19/h2-3,5,19H,17H2,1H3. The van der Waals surface area contributed by atoms with Gasteiger partial charge < -0.3 is 20.1 Å². The number of phenolic OH excluding ortho intramolecular Hbond substituents is 1. The molecule has 1 heterocycles. The van der Waals surface area contributed by atoms with E-state index < -0.39 is 5.97 Å². The fourth-order valence-corrected chi connectivity index (χ4v) is 2.32. The van der Waals surface area contributed by atoms with Crippen LogP contribution in [0.2, 0.25) is 10.0 Å². The number of carbonyl (C=O) groups is 1. The molecule has 0 amide bonds. The number of hydrogen-bond acceptors (Lipinski definition) is 5. The molecule has 0 bridgehead atoms. The molecule has 6 nitrogen and oxygen atoms in total. The number of aromatic hydroxyl groups is 1. The predicted molar refractivity (Wildman–Crippen MR) is 77.9 cm³/mol. The van der Waals surface area contributed by atoms with E-state index in [1.54, 1.807) is 0 Å². The van der Waals surface area contributed by atoms with Gasteiger partial charge in [-0.2, -0.15) is 5.26 Å². The SMILES string of the molecule is COC(=O)c1c(N)c(C#N)cn1-c1cc(Cl)cc(Cl)c1O. The minimum Gasteiger partial charge on any atom is -0.504 e. The number of methoxy groups -OCH3 is 1. The number of nitrogen functional groups attached to an aromatic ring is 1. The summed E-state index contributed by atoms with van der Waals surface area (Å²) in [5, 5.41) is 19.3. The van der Waals surface area contributed by atoms with Gasteiger partial charge in [0.1, 0.15) is 6.07 Å². The topological polar surface area (TPSA) is 101 Å². The Kier molecular flexibility index (Phi) is 3.98. The van der Waals surface area contributed by atoms with Crippen molar-refractivity contribution in [3.63, 3.8) is 0 Å². The second-order valence-corrected chi connectivity index (χ2v) is 4.88. The van der Waals surface area contributed by atoms with Crippen LogP contribution in [-0.4, -0.2) is 22.8 Å². The number of benzene rings is 1. The highest BCUT2D eigenvalue weighted by Gasteiger charge is 2.23. The van der Waals surface area contributed by atoms with Gasteiger partial charge in [0.2, 0.25) is 0 Å². The largest absolute Gasteiger partial charge is 0.504 e. The van der Waals surface area contributed by atoms with Crippen molar-refractivity contribution in [2.45, 2.75) is 0 Å². The molecular weight excluding hydrogens is 317 g/mol. The van der Waals surface area contributed by atoms with Crippen molar-refractivity contribution in [1.29, 1.82) is 5.26 Å². The number of aromatic nitrogens is 1. The van der Waals surface area contributed by atoms with Crippen molar-refractivity contribution < 1.29 is 14.6 Å². The smallest absolute Gasteiger partial charge is 0.357 e. The normalized spacial score (nSPS) is 10.2. The van der Waals surface area contributed by atoms with E-state index >= 15 is 0 Å². The van der Waals surface area contributed by atoms with Crippen LogP contribution in [0.3, 0.4) is 0 Å². The molecule has 21 heavy (non-hydrogen) atoms. The summed E-state index contributed by atoms with van der Waals surface area (Å²) >= 11 is 11.8. The molecule has 108 valence electrons. The average Bonchev–Trinajstić information content (AvgIpc) is 2.78. The Morgan fingerprint density at radius 3 is 2.71 bits per heavy atom. The zero-order valence-electron chi connectivity index (χ0n) is 10.7. The highest BCUT2D eigenvalue weighted by molar-refractivity contribution is 6.36. The molecule has 1 aromatic carbocycles. The Hall–Kier alpha value is -2.36. The first-order valence-corrected chi connectivity index (χ1v) is 6.34. The molecule has 0 atom stereocenters. The summed E-state index contributed by atoms with van der Waals surface area (Å²) in [5.74, 6) is -1.06. The number of ether oxygens (including phenoxy) is 1. The summed E-state index contributed by atoms with van der Waals surface area (Å²) in [6, 6.07) is 4.58. The molecule has 3 N–H and O–H groups in total. The Morgan fingerprint density at radius 2 is 2.14 bits per heavy atom. The molecule has 0 aliphatic heterocycles.